The van der Waals surface area contributed by atoms with Gasteiger partial charge in [0.15, 0.2) is 5.78 Å². The molecule has 1 unspecified atom stereocenters. The van der Waals surface area contributed by atoms with Crippen molar-refractivity contribution in [2.45, 2.75) is 25.4 Å². The number of hydrogen-bond donors (Lipinski definition) is 0. The summed E-state index contributed by atoms with van der Waals surface area (Å²) in [7, 11) is 0. The molecule has 0 aromatic heterocycles. The van der Waals surface area contributed by atoms with Crippen LogP contribution in [0.1, 0.15) is 30.1 Å². The molecule has 2 aromatic rings. The van der Waals surface area contributed by atoms with Gasteiger partial charge in [-0.25, -0.2) is 0 Å². The summed E-state index contributed by atoms with van der Waals surface area (Å²) in [5.74, 6) is 0.0536. The molecular weight excluding hydrogens is 260 g/mol. The van der Waals surface area contributed by atoms with Gasteiger partial charge in [-0.05, 0) is 37.3 Å². The third kappa shape index (κ3) is 2.05. The first-order chi connectivity index (χ1) is 9.12. The second-order valence-electron chi connectivity index (χ2n) is 5.15. The van der Waals surface area contributed by atoms with Gasteiger partial charge in [0.05, 0.1) is 0 Å². The minimum Gasteiger partial charge on any atom is -0.367 e. The summed E-state index contributed by atoms with van der Waals surface area (Å²) in [5, 5.41) is 2.48. The molecule has 0 radical (unpaired) electrons. The summed E-state index contributed by atoms with van der Waals surface area (Å²) in [4.78, 5) is 12.7. The van der Waals surface area contributed by atoms with Crippen LogP contribution in [0.15, 0.2) is 36.4 Å². The number of hydrogen-bond acceptors (Lipinski definition) is 2. The lowest BCUT2D eigenvalue weighted by molar-refractivity contribution is 0.0215. The fourth-order valence-corrected chi connectivity index (χ4v) is 2.93. The smallest absolute Gasteiger partial charge is 0.194 e. The summed E-state index contributed by atoms with van der Waals surface area (Å²) in [6.07, 6.45) is 1.72. The van der Waals surface area contributed by atoms with Crippen molar-refractivity contribution < 1.29 is 9.53 Å². The van der Waals surface area contributed by atoms with Crippen LogP contribution in [0.4, 0.5) is 0 Å². The summed E-state index contributed by atoms with van der Waals surface area (Å²) in [5.41, 5.74) is 0.0146. The number of ether oxygens (including phenoxy) is 1. The van der Waals surface area contributed by atoms with Crippen molar-refractivity contribution >= 4 is 28.2 Å². The molecule has 0 amide bonds. The zero-order valence-electron chi connectivity index (χ0n) is 10.8. The number of carbonyl (C=O) groups is 1. The average Bonchev–Trinajstić information content (AvgIpc) is 2.87. The van der Waals surface area contributed by atoms with Crippen LogP contribution in [0, 0.1) is 0 Å². The van der Waals surface area contributed by atoms with Crippen molar-refractivity contribution in [3.63, 3.8) is 0 Å². The molecule has 2 aromatic carbocycles. The van der Waals surface area contributed by atoms with Gasteiger partial charge in [-0.15, -0.1) is 0 Å². The summed E-state index contributed by atoms with van der Waals surface area (Å²) in [6, 6.07) is 11.3. The molecule has 0 aliphatic carbocycles. The second-order valence-corrected chi connectivity index (χ2v) is 5.56. The molecule has 1 aliphatic heterocycles. The third-order valence-corrected chi connectivity index (χ3v) is 4.14. The molecule has 2 nitrogen and oxygen atoms in total. The fraction of sp³-hybridized carbons (Fsp3) is 0.312. The zero-order chi connectivity index (χ0) is 13.5. The highest BCUT2D eigenvalue weighted by Crippen LogP contribution is 2.33. The molecule has 1 fully saturated rings. The number of carbonyl (C=O) groups excluding carboxylic acids is 1. The first kappa shape index (κ1) is 12.6. The summed E-state index contributed by atoms with van der Waals surface area (Å²) < 4.78 is 5.65. The van der Waals surface area contributed by atoms with E-state index in [0.29, 0.717) is 17.2 Å². The van der Waals surface area contributed by atoms with Crippen LogP contribution in [0.25, 0.3) is 10.8 Å². The minimum atomic E-state index is -0.684. The maximum atomic E-state index is 12.7. The van der Waals surface area contributed by atoms with Crippen LogP contribution < -0.4 is 0 Å². The van der Waals surface area contributed by atoms with Crippen LogP contribution in [0.5, 0.6) is 0 Å². The Bertz CT molecular complexity index is 642. The highest BCUT2D eigenvalue weighted by atomic mass is 35.5. The van der Waals surface area contributed by atoms with Gasteiger partial charge >= 0.3 is 0 Å². The monoisotopic (exact) mass is 274 g/mol. The number of halogens is 1. The molecule has 1 heterocycles. The lowest BCUT2D eigenvalue weighted by Gasteiger charge is -2.22. The van der Waals surface area contributed by atoms with E-state index in [9.17, 15) is 4.79 Å². The predicted molar refractivity (Wildman–Crippen MR) is 76.9 cm³/mol. The van der Waals surface area contributed by atoms with Gasteiger partial charge in [-0.3, -0.25) is 4.79 Å². The van der Waals surface area contributed by atoms with E-state index in [2.05, 4.69) is 0 Å². The van der Waals surface area contributed by atoms with Gasteiger partial charge < -0.3 is 4.74 Å². The van der Waals surface area contributed by atoms with Crippen molar-refractivity contribution in [3.8, 4) is 0 Å². The molecule has 0 saturated carbocycles. The Morgan fingerprint density at radius 3 is 2.63 bits per heavy atom. The van der Waals surface area contributed by atoms with Crippen molar-refractivity contribution in [3.05, 3.63) is 47.0 Å². The highest BCUT2D eigenvalue weighted by molar-refractivity contribution is 6.36. The molecule has 0 bridgehead atoms. The molecule has 1 saturated heterocycles. The van der Waals surface area contributed by atoms with Gasteiger partial charge in [-0.2, -0.15) is 0 Å². The average molecular weight is 275 g/mol. The molecule has 19 heavy (non-hydrogen) atoms. The first-order valence-corrected chi connectivity index (χ1v) is 6.86. The van der Waals surface area contributed by atoms with E-state index in [1.54, 1.807) is 12.1 Å². The first-order valence-electron chi connectivity index (χ1n) is 6.48. The quantitative estimate of drug-likeness (QED) is 0.766. The van der Waals surface area contributed by atoms with Gasteiger partial charge in [-0.1, -0.05) is 35.9 Å². The SMILES string of the molecule is CC1(C(=O)c2ccc(Cl)c3ccccc23)CCCO1. The maximum Gasteiger partial charge on any atom is 0.194 e. The minimum absolute atomic E-state index is 0.0536. The Balaban J connectivity index is 2.15. The predicted octanol–water partition coefficient (Wildman–Crippen LogP) is 4.25. The topological polar surface area (TPSA) is 26.3 Å². The number of rotatable bonds is 2. The Morgan fingerprint density at radius 2 is 1.95 bits per heavy atom. The summed E-state index contributed by atoms with van der Waals surface area (Å²) in [6.45, 7) is 2.54. The summed E-state index contributed by atoms with van der Waals surface area (Å²) >= 11 is 6.19. The Hall–Kier alpha value is -1.38. The van der Waals surface area contributed by atoms with Gasteiger partial charge in [0.25, 0.3) is 0 Å². The van der Waals surface area contributed by atoms with E-state index in [4.69, 9.17) is 16.3 Å². The van der Waals surface area contributed by atoms with E-state index in [-0.39, 0.29) is 5.78 Å². The zero-order valence-corrected chi connectivity index (χ0v) is 11.5. The van der Waals surface area contributed by atoms with Crippen LogP contribution in [0.2, 0.25) is 5.02 Å². The molecule has 1 aliphatic rings. The number of ketones is 1. The number of Topliss-reactive ketones (excluding diaryl/α,β-unsaturated/α-hetero) is 1. The van der Waals surface area contributed by atoms with Crippen molar-refractivity contribution in [1.82, 2.24) is 0 Å². The Kier molecular flexibility index (Phi) is 3.08. The molecule has 0 spiro atoms. The highest BCUT2D eigenvalue weighted by Gasteiger charge is 2.38. The standard InChI is InChI=1S/C16H15ClO2/c1-16(9-4-10-19-16)15(18)13-7-8-14(17)12-6-3-2-5-11(12)13/h2-3,5-8H,4,9-10H2,1H3. The largest absolute Gasteiger partial charge is 0.367 e. The maximum absolute atomic E-state index is 12.7. The van der Waals surface area contributed by atoms with E-state index in [0.717, 1.165) is 23.6 Å². The Morgan fingerprint density at radius 1 is 1.21 bits per heavy atom. The van der Waals surface area contributed by atoms with E-state index < -0.39 is 5.60 Å². The van der Waals surface area contributed by atoms with E-state index >= 15 is 0 Å². The van der Waals surface area contributed by atoms with Crippen LogP contribution in [0.3, 0.4) is 0 Å². The molecule has 98 valence electrons. The van der Waals surface area contributed by atoms with Gasteiger partial charge in [0.1, 0.15) is 5.60 Å². The molecular formula is C16H15ClO2. The van der Waals surface area contributed by atoms with Crippen molar-refractivity contribution in [1.29, 1.82) is 0 Å². The second kappa shape index (κ2) is 4.62. The van der Waals surface area contributed by atoms with Gasteiger partial charge in [0, 0.05) is 22.6 Å². The fourth-order valence-electron chi connectivity index (χ4n) is 2.70. The lowest BCUT2D eigenvalue weighted by atomic mass is 9.89. The number of benzene rings is 2. The van der Waals surface area contributed by atoms with E-state index in [1.807, 2.05) is 31.2 Å². The van der Waals surface area contributed by atoms with Crippen LogP contribution >= 0.6 is 11.6 Å². The lowest BCUT2D eigenvalue weighted by Crippen LogP contribution is -2.34. The normalized spacial score (nSPS) is 22.8. The van der Waals surface area contributed by atoms with E-state index in [1.165, 1.54) is 0 Å². The van der Waals surface area contributed by atoms with Crippen molar-refractivity contribution in [2.24, 2.45) is 0 Å². The van der Waals surface area contributed by atoms with Gasteiger partial charge in [0.2, 0.25) is 0 Å². The molecule has 3 heteroatoms. The third-order valence-electron chi connectivity index (χ3n) is 3.81. The van der Waals surface area contributed by atoms with Crippen molar-refractivity contribution in [2.75, 3.05) is 6.61 Å². The van der Waals surface area contributed by atoms with Crippen LogP contribution in [-0.4, -0.2) is 18.0 Å². The van der Waals surface area contributed by atoms with Crippen LogP contribution in [-0.2, 0) is 4.74 Å². The number of fused-ring (bicyclic) bond motifs is 1. The molecule has 3 rings (SSSR count). The Labute approximate surface area is 117 Å². The molecule has 0 N–H and O–H groups in total. The molecule has 1 atom stereocenters.